The Bertz CT molecular complexity index is 221. The van der Waals surface area contributed by atoms with Crippen LogP contribution < -0.4 is 5.32 Å². The molecule has 1 aliphatic rings. The Hall–Kier alpha value is -0.570. The second-order valence-corrected chi connectivity index (χ2v) is 4.84. The zero-order valence-corrected chi connectivity index (χ0v) is 9.27. The van der Waals surface area contributed by atoms with Gasteiger partial charge in [-0.2, -0.15) is 0 Å². The minimum Gasteiger partial charge on any atom is -0.335 e. The number of hydrogen-bond acceptors (Lipinski definition) is 2. The first-order valence-electron chi connectivity index (χ1n) is 4.88. The molecule has 13 heavy (non-hydrogen) atoms. The van der Waals surface area contributed by atoms with Crippen LogP contribution in [0.1, 0.15) is 34.6 Å². The molecule has 0 bridgehead atoms. The van der Waals surface area contributed by atoms with Crippen LogP contribution in [0.2, 0.25) is 0 Å². The molecule has 1 fully saturated rings. The molecule has 1 heterocycles. The molecule has 1 N–H and O–H groups in total. The Morgan fingerprint density at radius 1 is 1.38 bits per heavy atom. The summed E-state index contributed by atoms with van der Waals surface area (Å²) in [4.78, 5) is 13.9. The number of nitrogens with one attached hydrogen (secondary N) is 1. The quantitative estimate of drug-likeness (QED) is 0.659. The number of amides is 1. The lowest BCUT2D eigenvalue weighted by Gasteiger charge is -2.48. The molecule has 0 aliphatic carbocycles. The Balaban J connectivity index is 2.92. The fourth-order valence-electron chi connectivity index (χ4n) is 1.79. The minimum atomic E-state index is -0.397. The van der Waals surface area contributed by atoms with Gasteiger partial charge in [0, 0.05) is 18.6 Å². The lowest BCUT2D eigenvalue weighted by molar-refractivity contribution is -0.147. The van der Waals surface area contributed by atoms with E-state index in [1.807, 2.05) is 25.7 Å². The first-order valence-corrected chi connectivity index (χ1v) is 4.88. The van der Waals surface area contributed by atoms with Crippen molar-refractivity contribution in [1.29, 1.82) is 0 Å². The standard InChI is InChI=1S/C10H20N2O/c1-6-12-8(13)10(4,5)11-7-9(12,2)3/h11H,6-7H2,1-5H3. The number of piperazine rings is 1. The van der Waals surface area contributed by atoms with Gasteiger partial charge in [-0.1, -0.05) is 0 Å². The molecule has 1 saturated heterocycles. The van der Waals surface area contributed by atoms with E-state index < -0.39 is 5.54 Å². The van der Waals surface area contributed by atoms with Crippen LogP contribution in [0.5, 0.6) is 0 Å². The van der Waals surface area contributed by atoms with Crippen LogP contribution in [-0.2, 0) is 4.79 Å². The lowest BCUT2D eigenvalue weighted by atomic mass is 9.91. The predicted molar refractivity (Wildman–Crippen MR) is 53.5 cm³/mol. The van der Waals surface area contributed by atoms with Crippen molar-refractivity contribution in [2.45, 2.75) is 45.7 Å². The maximum absolute atomic E-state index is 12.0. The van der Waals surface area contributed by atoms with Crippen molar-refractivity contribution >= 4 is 5.91 Å². The van der Waals surface area contributed by atoms with Crippen LogP contribution >= 0.6 is 0 Å². The van der Waals surface area contributed by atoms with Crippen molar-refractivity contribution in [1.82, 2.24) is 10.2 Å². The highest BCUT2D eigenvalue weighted by Crippen LogP contribution is 2.23. The Morgan fingerprint density at radius 2 is 1.92 bits per heavy atom. The molecule has 0 aromatic heterocycles. The Labute approximate surface area is 80.5 Å². The van der Waals surface area contributed by atoms with Gasteiger partial charge in [0.2, 0.25) is 5.91 Å². The van der Waals surface area contributed by atoms with Crippen molar-refractivity contribution in [3.8, 4) is 0 Å². The maximum atomic E-state index is 12.0. The summed E-state index contributed by atoms with van der Waals surface area (Å²) >= 11 is 0. The van der Waals surface area contributed by atoms with Crippen LogP contribution in [-0.4, -0.2) is 35.0 Å². The number of carbonyl (C=O) groups excluding carboxylic acids is 1. The molecule has 1 amide bonds. The zero-order chi connectivity index (χ0) is 10.3. The van der Waals surface area contributed by atoms with E-state index in [2.05, 4.69) is 19.2 Å². The molecule has 0 unspecified atom stereocenters. The van der Waals surface area contributed by atoms with E-state index in [1.165, 1.54) is 0 Å². The zero-order valence-electron chi connectivity index (χ0n) is 9.27. The van der Waals surface area contributed by atoms with E-state index in [9.17, 15) is 4.79 Å². The summed E-state index contributed by atoms with van der Waals surface area (Å²) in [7, 11) is 0. The molecule has 3 nitrogen and oxygen atoms in total. The predicted octanol–water partition coefficient (Wildman–Crippen LogP) is 0.995. The average molecular weight is 184 g/mol. The molecule has 0 atom stereocenters. The van der Waals surface area contributed by atoms with E-state index in [4.69, 9.17) is 0 Å². The summed E-state index contributed by atoms with van der Waals surface area (Å²) in [5.74, 6) is 0.200. The molecular formula is C10H20N2O. The highest BCUT2D eigenvalue weighted by Gasteiger charge is 2.43. The molecule has 0 aromatic carbocycles. The number of nitrogens with zero attached hydrogens (tertiary/aromatic N) is 1. The molecule has 0 spiro atoms. The van der Waals surface area contributed by atoms with E-state index in [0.717, 1.165) is 13.1 Å². The topological polar surface area (TPSA) is 32.3 Å². The largest absolute Gasteiger partial charge is 0.335 e. The van der Waals surface area contributed by atoms with Gasteiger partial charge in [-0.3, -0.25) is 4.79 Å². The number of carbonyl (C=O) groups is 1. The molecule has 0 saturated carbocycles. The highest BCUT2D eigenvalue weighted by atomic mass is 16.2. The Morgan fingerprint density at radius 3 is 2.31 bits per heavy atom. The van der Waals surface area contributed by atoms with E-state index in [1.54, 1.807) is 0 Å². The van der Waals surface area contributed by atoms with Crippen molar-refractivity contribution < 1.29 is 4.79 Å². The summed E-state index contributed by atoms with van der Waals surface area (Å²) in [6.45, 7) is 11.7. The summed E-state index contributed by atoms with van der Waals surface area (Å²) in [6, 6.07) is 0. The summed E-state index contributed by atoms with van der Waals surface area (Å²) in [6.07, 6.45) is 0. The SMILES string of the molecule is CCN1C(=O)C(C)(C)NCC1(C)C. The van der Waals surface area contributed by atoms with Crippen LogP contribution in [0.3, 0.4) is 0 Å². The van der Waals surface area contributed by atoms with Crippen molar-refractivity contribution in [3.05, 3.63) is 0 Å². The minimum absolute atomic E-state index is 0.0542. The van der Waals surface area contributed by atoms with Crippen LogP contribution in [0.25, 0.3) is 0 Å². The van der Waals surface area contributed by atoms with Crippen molar-refractivity contribution in [2.75, 3.05) is 13.1 Å². The van der Waals surface area contributed by atoms with Gasteiger partial charge < -0.3 is 10.2 Å². The normalized spacial score (nSPS) is 26.2. The average Bonchev–Trinajstić information content (AvgIpc) is 2.00. The van der Waals surface area contributed by atoms with Gasteiger partial charge in [-0.05, 0) is 34.6 Å². The van der Waals surface area contributed by atoms with Crippen LogP contribution in [0.15, 0.2) is 0 Å². The number of likely N-dealkylation sites (N-methyl/N-ethyl adjacent to an activating group) is 1. The molecule has 0 radical (unpaired) electrons. The van der Waals surface area contributed by atoms with Gasteiger partial charge in [0.05, 0.1) is 5.54 Å². The fourth-order valence-corrected chi connectivity index (χ4v) is 1.79. The third-order valence-corrected chi connectivity index (χ3v) is 2.79. The van der Waals surface area contributed by atoms with Gasteiger partial charge in [-0.15, -0.1) is 0 Å². The van der Waals surface area contributed by atoms with E-state index >= 15 is 0 Å². The van der Waals surface area contributed by atoms with Gasteiger partial charge in [0.25, 0.3) is 0 Å². The first kappa shape index (κ1) is 10.5. The van der Waals surface area contributed by atoms with Gasteiger partial charge in [-0.25, -0.2) is 0 Å². The fraction of sp³-hybridized carbons (Fsp3) is 0.900. The van der Waals surface area contributed by atoms with Crippen molar-refractivity contribution in [2.24, 2.45) is 0 Å². The second-order valence-electron chi connectivity index (χ2n) is 4.84. The molecule has 3 heteroatoms. The van der Waals surface area contributed by atoms with Crippen molar-refractivity contribution in [3.63, 3.8) is 0 Å². The molecule has 1 rings (SSSR count). The number of hydrogen-bond donors (Lipinski definition) is 1. The molecule has 0 aromatic rings. The monoisotopic (exact) mass is 184 g/mol. The first-order chi connectivity index (χ1) is 5.81. The van der Waals surface area contributed by atoms with Gasteiger partial charge in [0.15, 0.2) is 0 Å². The summed E-state index contributed by atoms with van der Waals surface area (Å²) in [5, 5.41) is 3.27. The lowest BCUT2D eigenvalue weighted by Crippen LogP contribution is -2.69. The third-order valence-electron chi connectivity index (χ3n) is 2.79. The van der Waals surface area contributed by atoms with Crippen LogP contribution in [0, 0.1) is 0 Å². The van der Waals surface area contributed by atoms with Gasteiger partial charge in [0.1, 0.15) is 0 Å². The highest BCUT2D eigenvalue weighted by molar-refractivity contribution is 5.87. The summed E-state index contributed by atoms with van der Waals surface area (Å²) < 4.78 is 0. The van der Waals surface area contributed by atoms with Crippen LogP contribution in [0.4, 0.5) is 0 Å². The third kappa shape index (κ3) is 1.70. The van der Waals surface area contributed by atoms with E-state index in [0.29, 0.717) is 0 Å². The van der Waals surface area contributed by atoms with E-state index in [-0.39, 0.29) is 11.4 Å². The second kappa shape index (κ2) is 2.98. The Kier molecular flexibility index (Phi) is 2.41. The maximum Gasteiger partial charge on any atom is 0.242 e. The van der Waals surface area contributed by atoms with Gasteiger partial charge >= 0.3 is 0 Å². The molecule has 1 aliphatic heterocycles. The summed E-state index contributed by atoms with van der Waals surface area (Å²) in [5.41, 5.74) is -0.452. The molecule has 76 valence electrons. The molecular weight excluding hydrogens is 164 g/mol. The smallest absolute Gasteiger partial charge is 0.242 e. The number of rotatable bonds is 1.